The van der Waals surface area contributed by atoms with E-state index in [1.165, 1.54) is 0 Å². The van der Waals surface area contributed by atoms with Gasteiger partial charge in [0, 0.05) is 11.4 Å². The van der Waals surface area contributed by atoms with Gasteiger partial charge in [0.15, 0.2) is 6.61 Å². The van der Waals surface area contributed by atoms with Gasteiger partial charge in [0.25, 0.3) is 5.91 Å². The van der Waals surface area contributed by atoms with Crippen LogP contribution in [0.5, 0.6) is 5.75 Å². The van der Waals surface area contributed by atoms with Gasteiger partial charge in [-0.15, -0.1) is 12.4 Å². The number of aryl methyl sites for hydroxylation is 1. The molecule has 1 atom stereocenters. The van der Waals surface area contributed by atoms with Crippen molar-refractivity contribution in [2.75, 3.05) is 17.7 Å². The summed E-state index contributed by atoms with van der Waals surface area (Å²) in [5, 5.41) is 2.84. The number of nitrogen functional groups attached to an aromatic ring is 1. The maximum atomic E-state index is 12.1. The number of nitrogens with one attached hydrogen (secondary N) is 1. The second-order valence-corrected chi connectivity index (χ2v) is 5.76. The van der Waals surface area contributed by atoms with Crippen molar-refractivity contribution >= 4 is 29.7 Å². The second kappa shape index (κ2) is 9.18. The lowest BCUT2D eigenvalue weighted by Crippen LogP contribution is -2.21. The molecule has 0 spiro atoms. The van der Waals surface area contributed by atoms with Crippen LogP contribution in [0.2, 0.25) is 0 Å². The van der Waals surface area contributed by atoms with Crippen LogP contribution < -0.4 is 15.8 Å². The van der Waals surface area contributed by atoms with E-state index < -0.39 is 0 Å². The molecule has 2 aromatic carbocycles. The summed E-state index contributed by atoms with van der Waals surface area (Å²) in [6.07, 6.45) is 1.02. The lowest BCUT2D eigenvalue weighted by atomic mass is 9.98. The third-order valence-electron chi connectivity index (χ3n) is 3.96. The Morgan fingerprint density at radius 2 is 1.96 bits per heavy atom. The highest BCUT2D eigenvalue weighted by Gasteiger charge is 2.11. The minimum Gasteiger partial charge on any atom is -0.483 e. The first-order valence-electron chi connectivity index (χ1n) is 7.89. The highest BCUT2D eigenvalue weighted by atomic mass is 35.5. The fraction of sp³-hybridized carbons (Fsp3) is 0.316. The van der Waals surface area contributed by atoms with Crippen LogP contribution in [-0.4, -0.2) is 12.5 Å². The Morgan fingerprint density at radius 1 is 1.25 bits per heavy atom. The van der Waals surface area contributed by atoms with E-state index in [9.17, 15) is 4.79 Å². The van der Waals surface area contributed by atoms with Crippen molar-refractivity contribution in [1.82, 2.24) is 0 Å². The van der Waals surface area contributed by atoms with E-state index in [0.717, 1.165) is 23.3 Å². The van der Waals surface area contributed by atoms with Crippen LogP contribution in [-0.2, 0) is 4.79 Å². The SMILES string of the molecule is CCC(C)c1ccccc1OCC(=O)Nc1cc(N)ccc1C.Cl. The summed E-state index contributed by atoms with van der Waals surface area (Å²) in [7, 11) is 0. The summed E-state index contributed by atoms with van der Waals surface area (Å²) in [6, 6.07) is 13.3. The average Bonchev–Trinajstić information content (AvgIpc) is 2.56. The Hall–Kier alpha value is -2.20. The summed E-state index contributed by atoms with van der Waals surface area (Å²) in [5.41, 5.74) is 9.18. The third-order valence-corrected chi connectivity index (χ3v) is 3.96. The van der Waals surface area contributed by atoms with Crippen LogP contribution in [0, 0.1) is 6.92 Å². The summed E-state index contributed by atoms with van der Waals surface area (Å²) >= 11 is 0. The summed E-state index contributed by atoms with van der Waals surface area (Å²) in [5.74, 6) is 0.962. The van der Waals surface area contributed by atoms with Crippen LogP contribution in [0.25, 0.3) is 0 Å². The molecule has 4 nitrogen and oxygen atoms in total. The molecule has 0 aliphatic carbocycles. The summed E-state index contributed by atoms with van der Waals surface area (Å²) < 4.78 is 5.72. The molecule has 0 aliphatic rings. The van der Waals surface area contributed by atoms with E-state index in [-0.39, 0.29) is 24.9 Å². The highest BCUT2D eigenvalue weighted by Crippen LogP contribution is 2.28. The number of benzene rings is 2. The molecule has 2 aromatic rings. The average molecular weight is 349 g/mol. The number of halogens is 1. The molecule has 5 heteroatoms. The van der Waals surface area contributed by atoms with Crippen molar-refractivity contribution < 1.29 is 9.53 Å². The zero-order chi connectivity index (χ0) is 16.8. The molecule has 0 heterocycles. The van der Waals surface area contributed by atoms with Crippen LogP contribution in [0.3, 0.4) is 0 Å². The topological polar surface area (TPSA) is 64.3 Å². The number of hydrogen-bond donors (Lipinski definition) is 2. The molecule has 0 saturated heterocycles. The lowest BCUT2D eigenvalue weighted by Gasteiger charge is -2.16. The number of carbonyl (C=O) groups excluding carboxylic acids is 1. The monoisotopic (exact) mass is 348 g/mol. The minimum absolute atomic E-state index is 0. The first-order chi connectivity index (χ1) is 11.0. The molecule has 2 rings (SSSR count). The number of nitrogens with two attached hydrogens (primary N) is 1. The van der Waals surface area contributed by atoms with Gasteiger partial charge in [-0.1, -0.05) is 38.1 Å². The standard InChI is InChI=1S/C19H24N2O2.ClH/c1-4-13(2)16-7-5-6-8-18(16)23-12-19(22)21-17-11-15(20)10-9-14(17)3;/h5-11,13H,4,12,20H2,1-3H3,(H,21,22);1H. The van der Waals surface area contributed by atoms with E-state index in [1.54, 1.807) is 6.07 Å². The Balaban J connectivity index is 0.00000288. The number of amides is 1. The van der Waals surface area contributed by atoms with E-state index in [2.05, 4.69) is 19.2 Å². The van der Waals surface area contributed by atoms with Gasteiger partial charge in [0.2, 0.25) is 0 Å². The maximum Gasteiger partial charge on any atom is 0.262 e. The summed E-state index contributed by atoms with van der Waals surface area (Å²) in [4.78, 5) is 12.1. The Bertz CT molecular complexity index is 689. The molecule has 0 bridgehead atoms. The van der Waals surface area contributed by atoms with E-state index in [1.807, 2.05) is 43.3 Å². The van der Waals surface area contributed by atoms with E-state index in [4.69, 9.17) is 10.5 Å². The first kappa shape index (κ1) is 19.8. The zero-order valence-electron chi connectivity index (χ0n) is 14.3. The molecule has 1 unspecified atom stereocenters. The fourth-order valence-electron chi connectivity index (χ4n) is 2.34. The molecule has 0 aromatic heterocycles. The number of para-hydroxylation sites is 1. The predicted octanol–water partition coefficient (Wildman–Crippen LogP) is 4.53. The largest absolute Gasteiger partial charge is 0.483 e. The van der Waals surface area contributed by atoms with Gasteiger partial charge in [-0.25, -0.2) is 0 Å². The number of anilines is 2. The third kappa shape index (κ3) is 5.17. The van der Waals surface area contributed by atoms with Crippen molar-refractivity contribution in [1.29, 1.82) is 0 Å². The first-order valence-corrected chi connectivity index (χ1v) is 7.89. The van der Waals surface area contributed by atoms with Gasteiger partial charge in [0.1, 0.15) is 5.75 Å². The van der Waals surface area contributed by atoms with Gasteiger partial charge in [0.05, 0.1) is 0 Å². The van der Waals surface area contributed by atoms with Crippen LogP contribution in [0.1, 0.15) is 37.3 Å². The molecule has 0 radical (unpaired) electrons. The molecular formula is C19H25ClN2O2. The highest BCUT2D eigenvalue weighted by molar-refractivity contribution is 5.93. The Morgan fingerprint density at radius 3 is 2.67 bits per heavy atom. The number of rotatable bonds is 6. The number of carbonyl (C=O) groups is 1. The van der Waals surface area contributed by atoms with Gasteiger partial charge < -0.3 is 15.8 Å². The molecule has 3 N–H and O–H groups in total. The number of ether oxygens (including phenoxy) is 1. The second-order valence-electron chi connectivity index (χ2n) is 5.76. The molecule has 0 fully saturated rings. The molecule has 0 saturated carbocycles. The number of hydrogen-bond acceptors (Lipinski definition) is 3. The fourth-order valence-corrected chi connectivity index (χ4v) is 2.34. The molecular weight excluding hydrogens is 324 g/mol. The van der Waals surface area contributed by atoms with E-state index in [0.29, 0.717) is 17.3 Å². The van der Waals surface area contributed by atoms with Crippen molar-refractivity contribution in [3.63, 3.8) is 0 Å². The predicted molar refractivity (Wildman–Crippen MR) is 102 cm³/mol. The van der Waals surface area contributed by atoms with Gasteiger partial charge in [-0.3, -0.25) is 4.79 Å². The smallest absolute Gasteiger partial charge is 0.262 e. The Labute approximate surface area is 149 Å². The Kier molecular flexibility index (Phi) is 7.59. The molecule has 0 aliphatic heterocycles. The van der Waals surface area contributed by atoms with Crippen LogP contribution >= 0.6 is 12.4 Å². The van der Waals surface area contributed by atoms with Gasteiger partial charge in [-0.2, -0.15) is 0 Å². The maximum absolute atomic E-state index is 12.1. The quantitative estimate of drug-likeness (QED) is 0.754. The molecule has 1 amide bonds. The van der Waals surface area contributed by atoms with Crippen molar-refractivity contribution in [3.8, 4) is 5.75 Å². The van der Waals surface area contributed by atoms with Gasteiger partial charge >= 0.3 is 0 Å². The van der Waals surface area contributed by atoms with E-state index >= 15 is 0 Å². The lowest BCUT2D eigenvalue weighted by molar-refractivity contribution is -0.118. The molecule has 130 valence electrons. The molecule has 24 heavy (non-hydrogen) atoms. The van der Waals surface area contributed by atoms with Crippen molar-refractivity contribution in [2.45, 2.75) is 33.1 Å². The van der Waals surface area contributed by atoms with Gasteiger partial charge in [-0.05, 0) is 48.6 Å². The minimum atomic E-state index is -0.197. The van der Waals surface area contributed by atoms with Crippen molar-refractivity contribution in [3.05, 3.63) is 53.6 Å². The summed E-state index contributed by atoms with van der Waals surface area (Å²) in [6.45, 7) is 6.19. The zero-order valence-corrected chi connectivity index (χ0v) is 15.2. The van der Waals surface area contributed by atoms with Crippen LogP contribution in [0.15, 0.2) is 42.5 Å². The normalized spacial score (nSPS) is 11.3. The van der Waals surface area contributed by atoms with Crippen LogP contribution in [0.4, 0.5) is 11.4 Å². The van der Waals surface area contributed by atoms with Crippen molar-refractivity contribution in [2.24, 2.45) is 0 Å².